The maximum atomic E-state index is 12.7. The zero-order valence-electron chi connectivity index (χ0n) is 5.47. The van der Waals surface area contributed by atoms with Crippen LogP contribution in [0.4, 0.5) is 10.1 Å². The highest BCUT2D eigenvalue weighted by molar-refractivity contribution is 5.46. The van der Waals surface area contributed by atoms with Gasteiger partial charge >= 0.3 is 0 Å². The van der Waals surface area contributed by atoms with Gasteiger partial charge in [0.05, 0.1) is 5.69 Å². The lowest BCUT2D eigenvalue weighted by molar-refractivity contribution is 0.632. The first-order valence-electron chi connectivity index (χ1n) is 2.96. The Bertz CT molecular complexity index is 232. The van der Waals surface area contributed by atoms with E-state index in [9.17, 15) is 4.39 Å². The molecule has 1 aromatic carbocycles. The van der Waals surface area contributed by atoms with Crippen LogP contribution in [-0.2, 0) is 0 Å². The summed E-state index contributed by atoms with van der Waals surface area (Å²) in [6, 6.07) is 6.45. The molecule has 0 spiro atoms. The van der Waals surface area contributed by atoms with E-state index in [0.717, 1.165) is 0 Å². The highest BCUT2D eigenvalue weighted by Gasteiger charge is 1.94. The summed E-state index contributed by atoms with van der Waals surface area (Å²) in [6.07, 6.45) is 1.44. The van der Waals surface area contributed by atoms with Crippen LogP contribution >= 0.6 is 0 Å². The van der Waals surface area contributed by atoms with E-state index >= 15 is 0 Å². The third kappa shape index (κ3) is 1.35. The van der Waals surface area contributed by atoms with Crippen molar-refractivity contribution in [2.24, 2.45) is 0 Å². The maximum Gasteiger partial charge on any atom is 0.146 e. The molecule has 0 atom stereocenters. The Morgan fingerprint density at radius 2 is 2.10 bits per heavy atom. The number of anilines is 1. The molecule has 0 aliphatic carbocycles. The van der Waals surface area contributed by atoms with E-state index in [0.29, 0.717) is 5.69 Å². The lowest BCUT2D eigenvalue weighted by Gasteiger charge is -1.99. The third-order valence-electron chi connectivity index (χ3n) is 1.13. The number of para-hydroxylation sites is 1. The first-order chi connectivity index (χ1) is 4.84. The Labute approximate surface area is 59.2 Å². The second-order valence-corrected chi connectivity index (χ2v) is 1.83. The summed E-state index contributed by atoms with van der Waals surface area (Å²) in [6.45, 7) is 3.42. The van der Waals surface area contributed by atoms with E-state index in [1.165, 1.54) is 12.3 Å². The van der Waals surface area contributed by atoms with E-state index in [-0.39, 0.29) is 5.82 Å². The number of benzene rings is 1. The lowest BCUT2D eigenvalue weighted by Crippen LogP contribution is -1.88. The zero-order valence-corrected chi connectivity index (χ0v) is 5.47. The van der Waals surface area contributed by atoms with E-state index < -0.39 is 0 Å². The van der Waals surface area contributed by atoms with Crippen LogP contribution in [0.15, 0.2) is 37.0 Å². The second kappa shape index (κ2) is 3.01. The van der Waals surface area contributed by atoms with Gasteiger partial charge in [-0.2, -0.15) is 0 Å². The van der Waals surface area contributed by atoms with E-state index in [1.54, 1.807) is 18.2 Å². The summed E-state index contributed by atoms with van der Waals surface area (Å²) in [5.74, 6) is -0.262. The fourth-order valence-electron chi connectivity index (χ4n) is 0.688. The molecule has 1 rings (SSSR count). The van der Waals surface area contributed by atoms with Gasteiger partial charge in [-0.05, 0) is 18.3 Å². The van der Waals surface area contributed by atoms with E-state index in [1.807, 2.05) is 0 Å². The minimum Gasteiger partial charge on any atom is -0.360 e. The minimum atomic E-state index is -0.262. The SMILES string of the molecule is C=CNc1ccccc1F. The third-order valence-corrected chi connectivity index (χ3v) is 1.13. The molecule has 1 nitrogen and oxygen atoms in total. The molecule has 0 radical (unpaired) electrons. The summed E-state index contributed by atoms with van der Waals surface area (Å²) < 4.78 is 12.7. The quantitative estimate of drug-likeness (QED) is 0.659. The van der Waals surface area contributed by atoms with Crippen LogP contribution in [0, 0.1) is 5.82 Å². The molecule has 0 saturated heterocycles. The summed E-state index contributed by atoms with van der Waals surface area (Å²) in [5.41, 5.74) is 0.456. The maximum absolute atomic E-state index is 12.7. The normalized spacial score (nSPS) is 8.90. The zero-order chi connectivity index (χ0) is 7.40. The topological polar surface area (TPSA) is 12.0 Å². The van der Waals surface area contributed by atoms with Crippen LogP contribution in [0.3, 0.4) is 0 Å². The van der Waals surface area contributed by atoms with Crippen molar-refractivity contribution >= 4 is 5.69 Å². The van der Waals surface area contributed by atoms with Crippen molar-refractivity contribution in [1.29, 1.82) is 0 Å². The van der Waals surface area contributed by atoms with Crippen molar-refractivity contribution in [3.63, 3.8) is 0 Å². The molecule has 0 aliphatic heterocycles. The lowest BCUT2D eigenvalue weighted by atomic mass is 10.3. The first-order valence-corrected chi connectivity index (χ1v) is 2.96. The largest absolute Gasteiger partial charge is 0.360 e. The Hall–Kier alpha value is -1.31. The minimum absolute atomic E-state index is 0.262. The fourth-order valence-corrected chi connectivity index (χ4v) is 0.688. The molecule has 0 heterocycles. The molecule has 1 N–H and O–H groups in total. The average Bonchev–Trinajstić information content (AvgIpc) is 1.94. The number of rotatable bonds is 2. The highest BCUT2D eigenvalue weighted by atomic mass is 19.1. The first kappa shape index (κ1) is 6.81. The van der Waals surface area contributed by atoms with E-state index in [4.69, 9.17) is 0 Å². The predicted molar refractivity (Wildman–Crippen MR) is 40.2 cm³/mol. The van der Waals surface area contributed by atoms with Gasteiger partial charge in [-0.3, -0.25) is 0 Å². The number of halogens is 1. The van der Waals surface area contributed by atoms with Crippen molar-refractivity contribution in [2.45, 2.75) is 0 Å². The Kier molecular flexibility index (Phi) is 2.05. The molecule has 0 amide bonds. The molecule has 0 aromatic heterocycles. The van der Waals surface area contributed by atoms with Gasteiger partial charge in [0, 0.05) is 0 Å². The number of nitrogens with one attached hydrogen (secondary N) is 1. The summed E-state index contributed by atoms with van der Waals surface area (Å²) in [4.78, 5) is 0. The van der Waals surface area contributed by atoms with Crippen LogP contribution < -0.4 is 5.32 Å². The van der Waals surface area contributed by atoms with Gasteiger partial charge in [0.25, 0.3) is 0 Å². The molecule has 10 heavy (non-hydrogen) atoms. The Morgan fingerprint density at radius 1 is 1.40 bits per heavy atom. The van der Waals surface area contributed by atoms with Crippen LogP contribution in [-0.4, -0.2) is 0 Å². The molecule has 0 aliphatic rings. The van der Waals surface area contributed by atoms with Gasteiger partial charge in [0.1, 0.15) is 5.82 Å². The molecule has 1 aromatic rings. The fraction of sp³-hybridized carbons (Fsp3) is 0. The molecule has 52 valence electrons. The van der Waals surface area contributed by atoms with Crippen LogP contribution in [0.5, 0.6) is 0 Å². The summed E-state index contributed by atoms with van der Waals surface area (Å²) in [7, 11) is 0. The molecule has 0 fully saturated rings. The standard InChI is InChI=1S/C8H8FN/c1-2-10-8-6-4-3-5-7(8)9/h2-6,10H,1H2. The van der Waals surface area contributed by atoms with Crippen molar-refractivity contribution in [3.8, 4) is 0 Å². The van der Waals surface area contributed by atoms with Gasteiger partial charge in [0.15, 0.2) is 0 Å². The monoisotopic (exact) mass is 137 g/mol. The van der Waals surface area contributed by atoms with Gasteiger partial charge in [0.2, 0.25) is 0 Å². The van der Waals surface area contributed by atoms with Gasteiger partial charge in [-0.1, -0.05) is 18.7 Å². The summed E-state index contributed by atoms with van der Waals surface area (Å²) in [5, 5.41) is 2.66. The number of hydrogen-bond acceptors (Lipinski definition) is 1. The average molecular weight is 137 g/mol. The van der Waals surface area contributed by atoms with E-state index in [2.05, 4.69) is 11.9 Å². The van der Waals surface area contributed by atoms with Crippen LogP contribution in [0.2, 0.25) is 0 Å². The smallest absolute Gasteiger partial charge is 0.146 e. The Balaban J connectivity index is 2.91. The molecule has 2 heteroatoms. The van der Waals surface area contributed by atoms with Crippen molar-refractivity contribution < 1.29 is 4.39 Å². The predicted octanol–water partition coefficient (Wildman–Crippen LogP) is 2.38. The van der Waals surface area contributed by atoms with Crippen molar-refractivity contribution in [2.75, 3.05) is 5.32 Å². The second-order valence-electron chi connectivity index (χ2n) is 1.83. The van der Waals surface area contributed by atoms with Crippen molar-refractivity contribution in [3.05, 3.63) is 42.9 Å². The highest BCUT2D eigenvalue weighted by Crippen LogP contribution is 2.11. The number of hydrogen-bond donors (Lipinski definition) is 1. The molecule has 0 saturated carbocycles. The Morgan fingerprint density at radius 3 is 2.70 bits per heavy atom. The van der Waals surface area contributed by atoms with Crippen molar-refractivity contribution in [1.82, 2.24) is 0 Å². The molecular weight excluding hydrogens is 129 g/mol. The molecule has 0 bridgehead atoms. The van der Waals surface area contributed by atoms with Gasteiger partial charge in [-0.15, -0.1) is 0 Å². The van der Waals surface area contributed by atoms with Gasteiger partial charge in [-0.25, -0.2) is 4.39 Å². The molecular formula is C8H8FN. The summed E-state index contributed by atoms with van der Waals surface area (Å²) >= 11 is 0. The molecule has 0 unspecified atom stereocenters. The van der Waals surface area contributed by atoms with Crippen LogP contribution in [0.1, 0.15) is 0 Å². The van der Waals surface area contributed by atoms with Crippen LogP contribution in [0.25, 0.3) is 0 Å². The van der Waals surface area contributed by atoms with Gasteiger partial charge < -0.3 is 5.32 Å².